The minimum atomic E-state index is -3.67. The third-order valence-electron chi connectivity index (χ3n) is 3.23. The van der Waals surface area contributed by atoms with Crippen molar-refractivity contribution >= 4 is 26.5 Å². The molecule has 0 aromatic heterocycles. The van der Waals surface area contributed by atoms with Gasteiger partial charge in [-0.15, -0.1) is 6.42 Å². The molecule has 1 atom stereocenters. The van der Waals surface area contributed by atoms with Gasteiger partial charge in [0, 0.05) is 11.1 Å². The van der Waals surface area contributed by atoms with Gasteiger partial charge in [0.2, 0.25) is 10.0 Å². The van der Waals surface area contributed by atoms with Gasteiger partial charge in [-0.2, -0.15) is 4.72 Å². The molecule has 0 heterocycles. The lowest BCUT2D eigenvalue weighted by Gasteiger charge is -2.14. The van der Waals surface area contributed by atoms with Gasteiger partial charge in [0.25, 0.3) is 0 Å². The normalized spacial score (nSPS) is 13.0. The predicted octanol–water partition coefficient (Wildman–Crippen LogP) is 2.50. The number of hydrogen-bond donors (Lipinski definition) is 2. The second kappa shape index (κ2) is 6.17. The Labute approximate surface area is 125 Å². The lowest BCUT2D eigenvalue weighted by Crippen LogP contribution is -2.33. The smallest absolute Gasteiger partial charge is 0.242 e. The Morgan fingerprint density at radius 2 is 2.10 bits per heavy atom. The van der Waals surface area contributed by atoms with E-state index in [0.29, 0.717) is 17.5 Å². The zero-order valence-electron chi connectivity index (χ0n) is 11.8. The molecule has 2 rings (SSSR count). The highest BCUT2D eigenvalue weighted by atomic mass is 32.2. The predicted molar refractivity (Wildman–Crippen MR) is 86.2 cm³/mol. The molecule has 3 N–H and O–H groups in total. The summed E-state index contributed by atoms with van der Waals surface area (Å²) in [5.41, 5.74) is 6.33. The molecule has 0 radical (unpaired) electrons. The molecule has 0 aliphatic heterocycles. The molecule has 0 saturated heterocycles. The van der Waals surface area contributed by atoms with Crippen LogP contribution in [0.15, 0.2) is 41.3 Å². The molecule has 21 heavy (non-hydrogen) atoms. The van der Waals surface area contributed by atoms with Crippen LogP contribution in [0.4, 0.5) is 5.69 Å². The standard InChI is InChI=1S/C16H18N2O2S/c1-3-6-14(4-2)18-21(19,20)16-8-5-7-12-11-13(17)9-10-15(12)16/h2,5,7-11,14,18H,3,6,17H2,1H3. The van der Waals surface area contributed by atoms with E-state index in [1.807, 2.05) is 13.0 Å². The van der Waals surface area contributed by atoms with Crippen LogP contribution in [0.3, 0.4) is 0 Å². The first kappa shape index (κ1) is 15.4. The zero-order chi connectivity index (χ0) is 15.5. The largest absolute Gasteiger partial charge is 0.399 e. The lowest BCUT2D eigenvalue weighted by molar-refractivity contribution is 0.565. The summed E-state index contributed by atoms with van der Waals surface area (Å²) in [5.74, 6) is 2.48. The molecule has 0 fully saturated rings. The van der Waals surface area contributed by atoms with Crippen molar-refractivity contribution in [3.05, 3.63) is 36.4 Å². The quantitative estimate of drug-likeness (QED) is 0.658. The van der Waals surface area contributed by atoms with Crippen molar-refractivity contribution in [1.82, 2.24) is 4.72 Å². The van der Waals surface area contributed by atoms with Crippen molar-refractivity contribution in [1.29, 1.82) is 0 Å². The number of rotatable bonds is 5. The fourth-order valence-electron chi connectivity index (χ4n) is 2.22. The molecule has 0 aliphatic rings. The molecule has 0 aliphatic carbocycles. The Bertz CT molecular complexity index is 792. The van der Waals surface area contributed by atoms with Crippen molar-refractivity contribution in [2.75, 3.05) is 5.73 Å². The van der Waals surface area contributed by atoms with Crippen LogP contribution in [0.1, 0.15) is 19.8 Å². The van der Waals surface area contributed by atoms with Crippen molar-refractivity contribution < 1.29 is 8.42 Å². The van der Waals surface area contributed by atoms with Gasteiger partial charge in [-0.3, -0.25) is 0 Å². The topological polar surface area (TPSA) is 72.2 Å². The first-order valence-electron chi connectivity index (χ1n) is 6.74. The summed E-state index contributed by atoms with van der Waals surface area (Å²) >= 11 is 0. The van der Waals surface area contributed by atoms with Crippen LogP contribution in [0.25, 0.3) is 10.8 Å². The van der Waals surface area contributed by atoms with E-state index in [9.17, 15) is 8.42 Å². The Kier molecular flexibility index (Phi) is 4.51. The van der Waals surface area contributed by atoms with Crippen LogP contribution in [-0.4, -0.2) is 14.5 Å². The van der Waals surface area contributed by atoms with Crippen molar-refractivity contribution in [3.8, 4) is 12.3 Å². The van der Waals surface area contributed by atoms with Gasteiger partial charge >= 0.3 is 0 Å². The second-order valence-electron chi connectivity index (χ2n) is 4.87. The molecule has 0 spiro atoms. The van der Waals surface area contributed by atoms with Gasteiger partial charge in [0.15, 0.2) is 0 Å². The molecule has 2 aromatic rings. The molecule has 4 nitrogen and oxygen atoms in total. The molecule has 2 aromatic carbocycles. The number of fused-ring (bicyclic) bond motifs is 1. The molecular formula is C16H18N2O2S. The van der Waals surface area contributed by atoms with Gasteiger partial charge in [-0.05, 0) is 30.0 Å². The molecule has 0 saturated carbocycles. The number of nitrogens with one attached hydrogen (secondary N) is 1. The number of benzene rings is 2. The Hall–Kier alpha value is -2.03. The maximum atomic E-state index is 12.5. The van der Waals surface area contributed by atoms with E-state index in [0.717, 1.165) is 11.8 Å². The number of nitrogens with two attached hydrogens (primary N) is 1. The summed E-state index contributed by atoms with van der Waals surface area (Å²) in [7, 11) is -3.67. The number of hydrogen-bond acceptors (Lipinski definition) is 3. The van der Waals surface area contributed by atoms with Crippen molar-refractivity contribution in [3.63, 3.8) is 0 Å². The SMILES string of the molecule is C#CC(CCC)NS(=O)(=O)c1cccc2cc(N)ccc12. The maximum Gasteiger partial charge on any atom is 0.242 e. The van der Waals surface area contributed by atoms with E-state index in [1.54, 1.807) is 30.3 Å². The average molecular weight is 302 g/mol. The first-order valence-corrected chi connectivity index (χ1v) is 8.23. The number of nitrogen functional groups attached to an aromatic ring is 1. The summed E-state index contributed by atoms with van der Waals surface area (Å²) in [4.78, 5) is 0.219. The summed E-state index contributed by atoms with van der Waals surface area (Å²) in [6.45, 7) is 1.96. The average Bonchev–Trinajstić information content (AvgIpc) is 2.45. The van der Waals surface area contributed by atoms with E-state index in [2.05, 4.69) is 10.6 Å². The van der Waals surface area contributed by atoms with Crippen molar-refractivity contribution in [2.24, 2.45) is 0 Å². The molecule has 0 amide bonds. The van der Waals surface area contributed by atoms with E-state index in [1.165, 1.54) is 0 Å². The highest BCUT2D eigenvalue weighted by Gasteiger charge is 2.20. The van der Waals surface area contributed by atoms with Gasteiger partial charge in [-0.25, -0.2) is 8.42 Å². The van der Waals surface area contributed by atoms with Crippen molar-refractivity contribution in [2.45, 2.75) is 30.7 Å². The van der Waals surface area contributed by atoms with Crippen LogP contribution in [0.2, 0.25) is 0 Å². The Morgan fingerprint density at radius 1 is 1.33 bits per heavy atom. The molecule has 5 heteroatoms. The number of terminal acetylenes is 1. The van der Waals surface area contributed by atoms with Gasteiger partial charge in [0.05, 0.1) is 10.9 Å². The summed E-state index contributed by atoms with van der Waals surface area (Å²) in [6.07, 6.45) is 6.80. The molecule has 0 bridgehead atoms. The van der Waals surface area contributed by atoms with E-state index in [4.69, 9.17) is 12.2 Å². The monoisotopic (exact) mass is 302 g/mol. The number of anilines is 1. The second-order valence-corrected chi connectivity index (χ2v) is 6.55. The van der Waals surface area contributed by atoms with Crippen LogP contribution in [0.5, 0.6) is 0 Å². The summed E-state index contributed by atoms with van der Waals surface area (Å²) < 4.78 is 27.6. The molecular weight excluding hydrogens is 284 g/mol. The minimum Gasteiger partial charge on any atom is -0.399 e. The van der Waals surface area contributed by atoms with Gasteiger partial charge in [-0.1, -0.05) is 37.5 Å². The highest BCUT2D eigenvalue weighted by Crippen LogP contribution is 2.25. The van der Waals surface area contributed by atoms with E-state index in [-0.39, 0.29) is 4.90 Å². The van der Waals surface area contributed by atoms with Gasteiger partial charge in [0.1, 0.15) is 0 Å². The first-order chi connectivity index (χ1) is 9.97. The van der Waals surface area contributed by atoms with Crippen LogP contribution >= 0.6 is 0 Å². The van der Waals surface area contributed by atoms with Crippen LogP contribution < -0.4 is 10.5 Å². The van der Waals surface area contributed by atoms with E-state index < -0.39 is 16.1 Å². The van der Waals surface area contributed by atoms with Crippen LogP contribution in [-0.2, 0) is 10.0 Å². The fraction of sp³-hybridized carbons (Fsp3) is 0.250. The van der Waals surface area contributed by atoms with E-state index >= 15 is 0 Å². The maximum absolute atomic E-state index is 12.5. The third kappa shape index (κ3) is 3.35. The summed E-state index contributed by atoms with van der Waals surface area (Å²) in [6, 6.07) is 9.75. The van der Waals surface area contributed by atoms with Crippen LogP contribution in [0, 0.1) is 12.3 Å². The Balaban J connectivity index is 2.48. The zero-order valence-corrected chi connectivity index (χ0v) is 12.7. The molecule has 1 unspecified atom stereocenters. The minimum absolute atomic E-state index is 0.219. The fourth-order valence-corrected chi connectivity index (χ4v) is 3.64. The summed E-state index contributed by atoms with van der Waals surface area (Å²) in [5, 5.41) is 1.41. The number of sulfonamides is 1. The molecule has 110 valence electrons. The third-order valence-corrected chi connectivity index (χ3v) is 4.76. The Morgan fingerprint density at radius 3 is 2.76 bits per heavy atom. The highest BCUT2D eigenvalue weighted by molar-refractivity contribution is 7.89. The van der Waals surface area contributed by atoms with Gasteiger partial charge < -0.3 is 5.73 Å². The lowest BCUT2D eigenvalue weighted by atomic mass is 10.1.